The van der Waals surface area contributed by atoms with Gasteiger partial charge >= 0.3 is 0 Å². The van der Waals surface area contributed by atoms with Crippen LogP contribution in [0.2, 0.25) is 9.36 Å². The Morgan fingerprint density at radius 2 is 1.97 bits per heavy atom. The maximum absolute atomic E-state index is 12.6. The van der Waals surface area contributed by atoms with E-state index in [1.807, 2.05) is 12.1 Å². The van der Waals surface area contributed by atoms with Crippen LogP contribution in [0.3, 0.4) is 0 Å². The summed E-state index contributed by atoms with van der Waals surface area (Å²) in [4.78, 5) is 3.79. The summed E-state index contributed by atoms with van der Waals surface area (Å²) >= 11 is 12.9. The molecular formula is C19H14Cl2N4O3S2. The molecule has 2 aromatic carbocycles. The number of benzene rings is 2. The number of anilines is 1. The fourth-order valence-corrected chi connectivity index (χ4v) is 5.15. The van der Waals surface area contributed by atoms with Crippen molar-refractivity contribution in [3.63, 3.8) is 0 Å². The number of aromatic nitrogens is 1. The molecule has 7 nitrogen and oxygen atoms in total. The first-order valence-electron chi connectivity index (χ1n) is 8.72. The minimum Gasteiger partial charge on any atom is -0.456 e. The molecule has 1 aliphatic rings. The highest BCUT2D eigenvalue weighted by Crippen LogP contribution is 2.36. The molecule has 1 aliphatic heterocycles. The van der Waals surface area contributed by atoms with Crippen molar-refractivity contribution in [3.05, 3.63) is 63.1 Å². The van der Waals surface area contributed by atoms with E-state index >= 15 is 0 Å². The lowest BCUT2D eigenvalue weighted by atomic mass is 9.93. The Labute approximate surface area is 187 Å². The largest absolute Gasteiger partial charge is 0.456 e. The fraction of sp³-hybridized carbons (Fsp3) is 0.158. The highest BCUT2D eigenvalue weighted by molar-refractivity contribution is 7.93. The van der Waals surface area contributed by atoms with Crippen molar-refractivity contribution in [3.8, 4) is 17.6 Å². The van der Waals surface area contributed by atoms with E-state index in [4.69, 9.17) is 27.9 Å². The molecule has 2 heterocycles. The molecule has 154 valence electrons. The Bertz CT molecular complexity index is 1250. The summed E-state index contributed by atoms with van der Waals surface area (Å²) in [6.45, 7) is 1.62. The van der Waals surface area contributed by atoms with Crippen molar-refractivity contribution in [2.45, 2.75) is 10.8 Å². The number of rotatable bonds is 6. The number of sulfonamides is 1. The number of halogens is 2. The van der Waals surface area contributed by atoms with Crippen LogP contribution in [0.5, 0.6) is 11.5 Å². The first kappa shape index (κ1) is 20.9. The molecule has 0 atom stereocenters. The zero-order chi connectivity index (χ0) is 21.3. The molecule has 0 spiro atoms. The van der Waals surface area contributed by atoms with Crippen molar-refractivity contribution < 1.29 is 13.2 Å². The molecule has 0 radical (unpaired) electrons. The molecule has 4 rings (SSSR count). The van der Waals surface area contributed by atoms with Crippen molar-refractivity contribution in [1.82, 2.24) is 10.3 Å². The van der Waals surface area contributed by atoms with Crippen LogP contribution in [-0.2, 0) is 10.0 Å². The van der Waals surface area contributed by atoms with Gasteiger partial charge in [-0.3, -0.25) is 4.72 Å². The van der Waals surface area contributed by atoms with Gasteiger partial charge in [0.1, 0.15) is 21.9 Å². The molecule has 0 bridgehead atoms. The maximum Gasteiger partial charge on any atom is 0.263 e. The van der Waals surface area contributed by atoms with Crippen LogP contribution in [0.4, 0.5) is 5.13 Å². The van der Waals surface area contributed by atoms with E-state index in [1.165, 1.54) is 24.4 Å². The minimum absolute atomic E-state index is 0.0858. The number of hydrogen-bond donors (Lipinski definition) is 2. The van der Waals surface area contributed by atoms with Gasteiger partial charge in [-0.15, -0.1) is 0 Å². The predicted molar refractivity (Wildman–Crippen MR) is 116 cm³/mol. The summed E-state index contributed by atoms with van der Waals surface area (Å²) < 4.78 is 33.9. The number of thiazole rings is 1. The van der Waals surface area contributed by atoms with Gasteiger partial charge in [0.05, 0.1) is 16.7 Å². The van der Waals surface area contributed by atoms with Crippen LogP contribution in [0.1, 0.15) is 17.0 Å². The lowest BCUT2D eigenvalue weighted by Gasteiger charge is -2.29. The van der Waals surface area contributed by atoms with Crippen molar-refractivity contribution in [2.75, 3.05) is 17.8 Å². The third-order valence-corrected chi connectivity index (χ3v) is 7.23. The van der Waals surface area contributed by atoms with Crippen LogP contribution in [0.15, 0.2) is 47.5 Å². The molecule has 1 aromatic heterocycles. The molecule has 0 unspecified atom stereocenters. The Balaban J connectivity index is 1.63. The SMILES string of the molecule is N#Cc1cc(S(=O)(=O)Nc2ncc(Cl)s2)ccc1Oc1ccc(Cl)cc1C1CNC1. The zero-order valence-corrected chi connectivity index (χ0v) is 18.4. The van der Waals surface area contributed by atoms with Crippen molar-refractivity contribution >= 4 is 49.7 Å². The van der Waals surface area contributed by atoms with Crippen molar-refractivity contribution in [1.29, 1.82) is 5.26 Å². The molecule has 1 saturated heterocycles. The second kappa shape index (κ2) is 8.41. The van der Waals surface area contributed by atoms with Gasteiger partial charge < -0.3 is 10.1 Å². The number of hydrogen-bond acceptors (Lipinski definition) is 7. The summed E-state index contributed by atoms with van der Waals surface area (Å²) in [5, 5.41) is 13.5. The van der Waals surface area contributed by atoms with Gasteiger partial charge in [0.2, 0.25) is 0 Å². The van der Waals surface area contributed by atoms with Gasteiger partial charge in [0.15, 0.2) is 5.13 Å². The van der Waals surface area contributed by atoms with E-state index in [0.29, 0.717) is 15.1 Å². The van der Waals surface area contributed by atoms with E-state index in [9.17, 15) is 13.7 Å². The quantitative estimate of drug-likeness (QED) is 0.533. The van der Waals surface area contributed by atoms with Crippen LogP contribution in [0.25, 0.3) is 0 Å². The minimum atomic E-state index is -3.94. The molecule has 1 fully saturated rings. The predicted octanol–water partition coefficient (Wildman–Crippen LogP) is 4.60. The fourth-order valence-electron chi connectivity index (χ4n) is 2.89. The number of nitrogens with zero attached hydrogens (tertiary/aromatic N) is 2. The van der Waals surface area contributed by atoms with Gasteiger partial charge in [0.25, 0.3) is 10.0 Å². The monoisotopic (exact) mass is 480 g/mol. The summed E-state index contributed by atoms with van der Waals surface area (Å²) in [7, 11) is -3.94. The molecule has 0 aliphatic carbocycles. The van der Waals surface area contributed by atoms with Gasteiger partial charge in [-0.2, -0.15) is 5.26 Å². The van der Waals surface area contributed by atoms with Gasteiger partial charge in [-0.1, -0.05) is 34.5 Å². The summed E-state index contributed by atoms with van der Waals surface area (Å²) in [5.74, 6) is 1.09. The third-order valence-electron chi connectivity index (χ3n) is 4.49. The van der Waals surface area contributed by atoms with Gasteiger partial charge in [-0.25, -0.2) is 13.4 Å². The molecule has 11 heteroatoms. The van der Waals surface area contributed by atoms with Crippen molar-refractivity contribution in [2.24, 2.45) is 0 Å². The first-order chi connectivity index (χ1) is 14.4. The molecule has 30 heavy (non-hydrogen) atoms. The second-order valence-electron chi connectivity index (χ2n) is 6.48. The Hall–Kier alpha value is -2.35. The lowest BCUT2D eigenvalue weighted by molar-refractivity contribution is 0.418. The summed E-state index contributed by atoms with van der Waals surface area (Å²) in [6, 6.07) is 11.4. The van der Waals surface area contributed by atoms with Crippen LogP contribution >= 0.6 is 34.5 Å². The van der Waals surface area contributed by atoms with E-state index in [-0.39, 0.29) is 27.3 Å². The van der Waals surface area contributed by atoms with E-state index < -0.39 is 10.0 Å². The second-order valence-corrected chi connectivity index (χ2v) is 10.3. The van der Waals surface area contributed by atoms with Crippen LogP contribution < -0.4 is 14.8 Å². The third kappa shape index (κ3) is 4.38. The highest BCUT2D eigenvalue weighted by Gasteiger charge is 2.24. The van der Waals surface area contributed by atoms with Gasteiger partial charge in [0, 0.05) is 29.6 Å². The first-order valence-corrected chi connectivity index (χ1v) is 11.8. The standard InChI is InChI=1S/C19H14Cl2N4O3S2/c20-13-1-3-17(15(6-13)12-8-23-9-12)28-16-4-2-14(5-11(16)7-22)30(26,27)25-19-24-10-18(21)29-19/h1-6,10,12,23H,8-9H2,(H,24,25). The lowest BCUT2D eigenvalue weighted by Crippen LogP contribution is -2.40. The zero-order valence-electron chi connectivity index (χ0n) is 15.2. The smallest absolute Gasteiger partial charge is 0.263 e. The Kier molecular flexibility index (Phi) is 5.86. The Morgan fingerprint density at radius 3 is 2.60 bits per heavy atom. The van der Waals surface area contributed by atoms with Gasteiger partial charge in [-0.05, 0) is 36.4 Å². The highest BCUT2D eigenvalue weighted by atomic mass is 35.5. The number of nitriles is 1. The van der Waals surface area contributed by atoms with E-state index in [2.05, 4.69) is 15.0 Å². The summed E-state index contributed by atoms with van der Waals surface area (Å²) in [5.41, 5.74) is 1.02. The molecule has 0 saturated carbocycles. The number of ether oxygens (including phenoxy) is 1. The number of nitrogens with one attached hydrogen (secondary N) is 2. The molecule has 0 amide bonds. The topological polar surface area (TPSA) is 104 Å². The average Bonchev–Trinajstić information content (AvgIpc) is 3.06. The van der Waals surface area contributed by atoms with E-state index in [1.54, 1.807) is 12.1 Å². The maximum atomic E-state index is 12.6. The van der Waals surface area contributed by atoms with Crippen LogP contribution in [-0.4, -0.2) is 26.5 Å². The summed E-state index contributed by atoms with van der Waals surface area (Å²) in [6.07, 6.45) is 1.35. The Morgan fingerprint density at radius 1 is 1.20 bits per heavy atom. The molecule has 2 N–H and O–H groups in total. The normalized spacial score (nSPS) is 14.0. The molecular weight excluding hydrogens is 467 g/mol. The van der Waals surface area contributed by atoms with Crippen LogP contribution in [0, 0.1) is 11.3 Å². The molecule has 3 aromatic rings. The average molecular weight is 481 g/mol. The van der Waals surface area contributed by atoms with E-state index in [0.717, 1.165) is 30.0 Å².